The van der Waals surface area contributed by atoms with Gasteiger partial charge in [-0.15, -0.1) is 0 Å². The summed E-state index contributed by atoms with van der Waals surface area (Å²) in [5.74, 6) is -1.10. The number of benzene rings is 2. The van der Waals surface area contributed by atoms with Crippen molar-refractivity contribution >= 4 is 29.2 Å². The first-order valence-electron chi connectivity index (χ1n) is 8.64. The second kappa shape index (κ2) is 8.35. The zero-order chi connectivity index (χ0) is 19.2. The molecular weight excluding hydrogens is 348 g/mol. The number of carbonyl (C=O) groups is 3. The lowest BCUT2D eigenvalue weighted by Gasteiger charge is -2.21. The Hall–Kier alpha value is -3.35. The Bertz CT molecular complexity index is 833. The molecule has 27 heavy (non-hydrogen) atoms. The standard InChI is InChI=1S/C20H20N2O5/c23-18(22(12-19(24)25)16-6-2-1-3-7-16)13-27-17-8-4-5-15(11-17)21-20(26)14-9-10-14/h1-8,11,14H,9-10,12-13H2,(H,21,26)(H,24,25). The molecule has 1 saturated carbocycles. The highest BCUT2D eigenvalue weighted by atomic mass is 16.5. The van der Waals surface area contributed by atoms with Gasteiger partial charge in [0, 0.05) is 23.4 Å². The van der Waals surface area contributed by atoms with Crippen LogP contribution < -0.4 is 15.0 Å². The van der Waals surface area contributed by atoms with Crippen LogP contribution >= 0.6 is 0 Å². The molecule has 1 aliphatic rings. The first-order valence-corrected chi connectivity index (χ1v) is 8.64. The van der Waals surface area contributed by atoms with Crippen molar-refractivity contribution in [3.8, 4) is 5.75 Å². The summed E-state index contributed by atoms with van der Waals surface area (Å²) < 4.78 is 5.51. The molecule has 7 nitrogen and oxygen atoms in total. The lowest BCUT2D eigenvalue weighted by atomic mass is 10.2. The van der Waals surface area contributed by atoms with Gasteiger partial charge in [-0.05, 0) is 37.1 Å². The first-order chi connectivity index (χ1) is 13.0. The third kappa shape index (κ3) is 5.31. The number of nitrogens with zero attached hydrogens (tertiary/aromatic N) is 1. The molecule has 0 atom stereocenters. The minimum Gasteiger partial charge on any atom is -0.484 e. The third-order valence-corrected chi connectivity index (χ3v) is 4.07. The number of amides is 2. The van der Waals surface area contributed by atoms with E-state index in [1.54, 1.807) is 54.6 Å². The van der Waals surface area contributed by atoms with E-state index in [-0.39, 0.29) is 18.4 Å². The van der Waals surface area contributed by atoms with E-state index in [2.05, 4.69) is 5.32 Å². The zero-order valence-corrected chi connectivity index (χ0v) is 14.6. The number of hydrogen-bond donors (Lipinski definition) is 2. The summed E-state index contributed by atoms with van der Waals surface area (Å²) in [7, 11) is 0. The van der Waals surface area contributed by atoms with E-state index in [9.17, 15) is 14.4 Å². The number of hydrogen-bond acceptors (Lipinski definition) is 4. The fourth-order valence-corrected chi connectivity index (χ4v) is 2.54. The van der Waals surface area contributed by atoms with E-state index in [4.69, 9.17) is 9.84 Å². The van der Waals surface area contributed by atoms with E-state index >= 15 is 0 Å². The van der Waals surface area contributed by atoms with Gasteiger partial charge in [0.2, 0.25) is 5.91 Å². The molecule has 0 unspecified atom stereocenters. The highest BCUT2D eigenvalue weighted by molar-refractivity contribution is 5.98. The molecule has 2 aromatic carbocycles. The summed E-state index contributed by atoms with van der Waals surface area (Å²) in [6.07, 6.45) is 1.82. The maximum absolute atomic E-state index is 12.5. The molecule has 0 saturated heterocycles. The fraction of sp³-hybridized carbons (Fsp3) is 0.250. The lowest BCUT2D eigenvalue weighted by Crippen LogP contribution is -2.38. The molecule has 7 heteroatoms. The zero-order valence-electron chi connectivity index (χ0n) is 14.6. The van der Waals surface area contributed by atoms with Crippen molar-refractivity contribution in [3.05, 3.63) is 54.6 Å². The van der Waals surface area contributed by atoms with Crippen LogP contribution in [0.15, 0.2) is 54.6 Å². The molecule has 2 N–H and O–H groups in total. The smallest absolute Gasteiger partial charge is 0.323 e. The number of aliphatic carboxylic acids is 1. The largest absolute Gasteiger partial charge is 0.484 e. The molecule has 0 aromatic heterocycles. The first kappa shape index (κ1) is 18.4. The van der Waals surface area contributed by atoms with E-state index < -0.39 is 18.4 Å². The summed E-state index contributed by atoms with van der Waals surface area (Å²) in [4.78, 5) is 36.6. The van der Waals surface area contributed by atoms with Crippen LogP contribution in [0.2, 0.25) is 0 Å². The van der Waals surface area contributed by atoms with Crippen molar-refractivity contribution in [3.63, 3.8) is 0 Å². The van der Waals surface area contributed by atoms with Crippen LogP contribution in [0.1, 0.15) is 12.8 Å². The van der Waals surface area contributed by atoms with Gasteiger partial charge in [-0.1, -0.05) is 24.3 Å². The third-order valence-electron chi connectivity index (χ3n) is 4.07. The van der Waals surface area contributed by atoms with E-state index in [0.29, 0.717) is 17.1 Å². The molecule has 2 aromatic rings. The van der Waals surface area contributed by atoms with Crippen LogP contribution in [0.4, 0.5) is 11.4 Å². The molecule has 1 aliphatic carbocycles. The van der Waals surface area contributed by atoms with E-state index in [0.717, 1.165) is 17.7 Å². The van der Waals surface area contributed by atoms with Gasteiger partial charge in [-0.25, -0.2) is 0 Å². The molecule has 0 radical (unpaired) electrons. The normalized spacial score (nSPS) is 12.9. The van der Waals surface area contributed by atoms with Crippen molar-refractivity contribution in [1.29, 1.82) is 0 Å². The van der Waals surface area contributed by atoms with Crippen LogP contribution in [0.3, 0.4) is 0 Å². The molecule has 3 rings (SSSR count). The van der Waals surface area contributed by atoms with Gasteiger partial charge in [0.15, 0.2) is 6.61 Å². The average Bonchev–Trinajstić information content (AvgIpc) is 3.50. The summed E-state index contributed by atoms with van der Waals surface area (Å²) in [5.41, 5.74) is 1.08. The average molecular weight is 368 g/mol. The van der Waals surface area contributed by atoms with Crippen molar-refractivity contribution in [2.75, 3.05) is 23.4 Å². The molecular formula is C20H20N2O5. The Morgan fingerprint density at radius 3 is 2.48 bits per heavy atom. The summed E-state index contributed by atoms with van der Waals surface area (Å²) >= 11 is 0. The topological polar surface area (TPSA) is 95.9 Å². The van der Waals surface area contributed by atoms with Gasteiger partial charge < -0.3 is 15.2 Å². The van der Waals surface area contributed by atoms with Crippen molar-refractivity contribution < 1.29 is 24.2 Å². The van der Waals surface area contributed by atoms with Crippen LogP contribution in [0.5, 0.6) is 5.75 Å². The van der Waals surface area contributed by atoms with Gasteiger partial charge in [-0.3, -0.25) is 19.3 Å². The number of rotatable bonds is 8. The van der Waals surface area contributed by atoms with Crippen LogP contribution in [-0.2, 0) is 14.4 Å². The molecule has 140 valence electrons. The number of nitrogens with one attached hydrogen (secondary N) is 1. The van der Waals surface area contributed by atoms with Crippen LogP contribution in [0, 0.1) is 5.92 Å². The van der Waals surface area contributed by atoms with E-state index in [1.807, 2.05) is 0 Å². The van der Waals surface area contributed by atoms with Crippen LogP contribution in [-0.4, -0.2) is 36.0 Å². The predicted octanol–water partition coefficient (Wildman–Crippen LogP) is 2.53. The molecule has 0 spiro atoms. The second-order valence-corrected chi connectivity index (χ2v) is 6.29. The molecule has 0 aliphatic heterocycles. The Morgan fingerprint density at radius 2 is 1.81 bits per heavy atom. The molecule has 0 bridgehead atoms. The minimum atomic E-state index is -1.11. The number of anilines is 2. The highest BCUT2D eigenvalue weighted by Gasteiger charge is 2.29. The number of carbonyl (C=O) groups excluding carboxylic acids is 2. The lowest BCUT2D eigenvalue weighted by molar-refractivity contribution is -0.136. The summed E-state index contributed by atoms with van der Waals surface area (Å²) in [6.45, 7) is -0.772. The maximum atomic E-state index is 12.5. The number of ether oxygens (including phenoxy) is 1. The van der Waals surface area contributed by atoms with Crippen molar-refractivity contribution in [2.45, 2.75) is 12.8 Å². The Balaban J connectivity index is 1.62. The Labute approximate surface area is 156 Å². The number of carboxylic acids is 1. The molecule has 0 heterocycles. The highest BCUT2D eigenvalue weighted by Crippen LogP contribution is 2.30. The number of para-hydroxylation sites is 1. The summed E-state index contributed by atoms with van der Waals surface area (Å²) in [5, 5.41) is 11.9. The molecule has 1 fully saturated rings. The Kier molecular flexibility index (Phi) is 5.71. The van der Waals surface area contributed by atoms with Gasteiger partial charge in [0.25, 0.3) is 5.91 Å². The fourth-order valence-electron chi connectivity index (χ4n) is 2.54. The quantitative estimate of drug-likeness (QED) is 0.746. The monoisotopic (exact) mass is 368 g/mol. The van der Waals surface area contributed by atoms with Crippen molar-refractivity contribution in [1.82, 2.24) is 0 Å². The van der Waals surface area contributed by atoms with Gasteiger partial charge >= 0.3 is 5.97 Å². The van der Waals surface area contributed by atoms with E-state index in [1.165, 1.54) is 0 Å². The second-order valence-electron chi connectivity index (χ2n) is 6.29. The van der Waals surface area contributed by atoms with Crippen molar-refractivity contribution in [2.24, 2.45) is 5.92 Å². The van der Waals surface area contributed by atoms with Gasteiger partial charge in [-0.2, -0.15) is 0 Å². The predicted molar refractivity (Wildman–Crippen MR) is 99.7 cm³/mol. The number of carboxylic acid groups (broad SMARTS) is 1. The summed E-state index contributed by atoms with van der Waals surface area (Å²) in [6, 6.07) is 15.3. The maximum Gasteiger partial charge on any atom is 0.323 e. The van der Waals surface area contributed by atoms with Crippen LogP contribution in [0.25, 0.3) is 0 Å². The SMILES string of the molecule is O=C(O)CN(C(=O)COc1cccc(NC(=O)C2CC2)c1)c1ccccc1. The Morgan fingerprint density at radius 1 is 1.07 bits per heavy atom. The van der Waals surface area contributed by atoms with Gasteiger partial charge in [0.1, 0.15) is 12.3 Å². The van der Waals surface area contributed by atoms with Gasteiger partial charge in [0.05, 0.1) is 0 Å². The molecule has 2 amide bonds. The minimum absolute atomic E-state index is 0.0139.